The Bertz CT molecular complexity index is 249. The topological polar surface area (TPSA) is 52.6 Å². The van der Waals surface area contributed by atoms with Crippen LogP contribution in [-0.4, -0.2) is 59.2 Å². The number of nitrogens with zero attached hydrogens (tertiary/aromatic N) is 1. The van der Waals surface area contributed by atoms with E-state index >= 15 is 0 Å². The number of amides is 1. The molecule has 2 fully saturated rings. The fourth-order valence-electron chi connectivity index (χ4n) is 2.36. The highest BCUT2D eigenvalue weighted by atomic mass is 32.2. The van der Waals surface area contributed by atoms with Crippen LogP contribution in [0.15, 0.2) is 0 Å². The largest absolute Gasteiger partial charge is 0.393 e. The van der Waals surface area contributed by atoms with Crippen molar-refractivity contribution in [3.05, 3.63) is 0 Å². The maximum Gasteiger partial charge on any atom is 0.232 e. The Balaban J connectivity index is 1.66. The number of aliphatic hydroxyl groups is 1. The molecule has 98 valence electrons. The van der Waals surface area contributed by atoms with Crippen LogP contribution in [0.25, 0.3) is 0 Å². The molecule has 2 aliphatic rings. The number of aliphatic hydroxyl groups excluding tert-OH is 1. The minimum Gasteiger partial charge on any atom is -0.393 e. The first-order chi connectivity index (χ1) is 8.25. The van der Waals surface area contributed by atoms with Gasteiger partial charge in [-0.15, -0.1) is 11.8 Å². The van der Waals surface area contributed by atoms with Crippen molar-refractivity contribution in [1.29, 1.82) is 0 Å². The number of piperidine rings is 2. The van der Waals surface area contributed by atoms with Crippen LogP contribution >= 0.6 is 11.8 Å². The van der Waals surface area contributed by atoms with E-state index in [9.17, 15) is 9.90 Å². The van der Waals surface area contributed by atoms with Crippen molar-refractivity contribution in [2.45, 2.75) is 37.0 Å². The quantitative estimate of drug-likeness (QED) is 0.772. The maximum absolute atomic E-state index is 12.0. The monoisotopic (exact) mass is 258 g/mol. The van der Waals surface area contributed by atoms with Crippen LogP contribution in [0.4, 0.5) is 0 Å². The van der Waals surface area contributed by atoms with Crippen molar-refractivity contribution in [2.24, 2.45) is 0 Å². The molecule has 2 N–H and O–H groups in total. The van der Waals surface area contributed by atoms with E-state index in [1.54, 1.807) is 11.8 Å². The van der Waals surface area contributed by atoms with Gasteiger partial charge in [0.05, 0.1) is 11.9 Å². The van der Waals surface area contributed by atoms with E-state index in [1.165, 1.54) is 12.8 Å². The van der Waals surface area contributed by atoms with Gasteiger partial charge < -0.3 is 15.3 Å². The molecule has 2 heterocycles. The van der Waals surface area contributed by atoms with Crippen LogP contribution in [0.1, 0.15) is 25.7 Å². The third kappa shape index (κ3) is 4.16. The Hall–Kier alpha value is -0.260. The number of rotatable bonds is 3. The molecule has 0 spiro atoms. The summed E-state index contributed by atoms with van der Waals surface area (Å²) in [5, 5.41) is 13.4. The van der Waals surface area contributed by atoms with Gasteiger partial charge in [-0.3, -0.25) is 4.79 Å². The fraction of sp³-hybridized carbons (Fsp3) is 0.917. The van der Waals surface area contributed by atoms with Gasteiger partial charge in [-0.25, -0.2) is 0 Å². The van der Waals surface area contributed by atoms with Crippen molar-refractivity contribution >= 4 is 17.7 Å². The van der Waals surface area contributed by atoms with Crippen LogP contribution in [0.5, 0.6) is 0 Å². The Morgan fingerprint density at radius 2 is 1.88 bits per heavy atom. The summed E-state index contributed by atoms with van der Waals surface area (Å²) in [6.45, 7) is 3.63. The van der Waals surface area contributed by atoms with E-state index in [4.69, 9.17) is 0 Å². The SMILES string of the molecule is O=C(CSC1CCNCC1)N1CCC(O)CC1. The summed E-state index contributed by atoms with van der Waals surface area (Å²) >= 11 is 1.81. The zero-order valence-corrected chi connectivity index (χ0v) is 11.0. The van der Waals surface area contributed by atoms with Crippen LogP contribution in [-0.2, 0) is 4.79 Å². The molecule has 0 aromatic carbocycles. The first-order valence-electron chi connectivity index (χ1n) is 6.54. The lowest BCUT2D eigenvalue weighted by molar-refractivity contribution is -0.130. The number of carbonyl (C=O) groups is 1. The van der Waals surface area contributed by atoms with Gasteiger partial charge in [-0.2, -0.15) is 0 Å². The highest BCUT2D eigenvalue weighted by Crippen LogP contribution is 2.21. The first-order valence-corrected chi connectivity index (χ1v) is 7.59. The third-order valence-corrected chi connectivity index (χ3v) is 4.90. The van der Waals surface area contributed by atoms with E-state index in [2.05, 4.69) is 5.32 Å². The van der Waals surface area contributed by atoms with Crippen molar-refractivity contribution in [3.63, 3.8) is 0 Å². The summed E-state index contributed by atoms with van der Waals surface area (Å²) in [4.78, 5) is 13.9. The van der Waals surface area contributed by atoms with Crippen LogP contribution < -0.4 is 5.32 Å². The zero-order chi connectivity index (χ0) is 12.1. The molecule has 5 heteroatoms. The van der Waals surface area contributed by atoms with Gasteiger partial charge in [-0.05, 0) is 38.8 Å². The molecular formula is C12H22N2O2S. The number of thioether (sulfide) groups is 1. The lowest BCUT2D eigenvalue weighted by Gasteiger charge is -2.30. The predicted molar refractivity (Wildman–Crippen MR) is 70.2 cm³/mol. The molecule has 1 amide bonds. The van der Waals surface area contributed by atoms with E-state index in [0.29, 0.717) is 11.0 Å². The highest BCUT2D eigenvalue weighted by Gasteiger charge is 2.22. The second-order valence-corrected chi connectivity index (χ2v) is 6.16. The van der Waals surface area contributed by atoms with E-state index < -0.39 is 0 Å². The molecule has 0 aromatic rings. The van der Waals surface area contributed by atoms with Crippen molar-refractivity contribution in [3.8, 4) is 0 Å². The van der Waals surface area contributed by atoms with Gasteiger partial charge in [0.1, 0.15) is 0 Å². The van der Waals surface area contributed by atoms with Gasteiger partial charge in [-0.1, -0.05) is 0 Å². The summed E-state index contributed by atoms with van der Waals surface area (Å²) < 4.78 is 0. The fourth-order valence-corrected chi connectivity index (χ4v) is 3.49. The average Bonchev–Trinajstić information content (AvgIpc) is 2.38. The summed E-state index contributed by atoms with van der Waals surface area (Å²) in [6, 6.07) is 0. The van der Waals surface area contributed by atoms with E-state index in [-0.39, 0.29) is 12.0 Å². The highest BCUT2D eigenvalue weighted by molar-refractivity contribution is 8.00. The number of likely N-dealkylation sites (tertiary alicyclic amines) is 1. The standard InChI is InChI=1S/C12H22N2O2S/c15-10-3-7-14(8-4-10)12(16)9-17-11-1-5-13-6-2-11/h10-11,13,15H,1-9H2. The van der Waals surface area contributed by atoms with Gasteiger partial charge in [0, 0.05) is 18.3 Å². The number of nitrogens with one attached hydrogen (secondary N) is 1. The summed E-state index contributed by atoms with van der Waals surface area (Å²) in [7, 11) is 0. The molecule has 0 saturated carbocycles. The molecule has 0 atom stereocenters. The van der Waals surface area contributed by atoms with Crippen LogP contribution in [0.2, 0.25) is 0 Å². The minimum atomic E-state index is -0.198. The summed E-state index contributed by atoms with van der Waals surface area (Å²) in [5.41, 5.74) is 0. The molecule has 0 radical (unpaired) electrons. The van der Waals surface area contributed by atoms with Crippen LogP contribution in [0.3, 0.4) is 0 Å². The Labute approximate surface area is 107 Å². The molecule has 0 aromatic heterocycles. The second-order valence-electron chi connectivity index (χ2n) is 4.87. The third-order valence-electron chi connectivity index (χ3n) is 3.55. The molecule has 2 rings (SSSR count). The molecule has 0 aliphatic carbocycles. The van der Waals surface area contributed by atoms with Crippen molar-refractivity contribution in [2.75, 3.05) is 31.9 Å². The Morgan fingerprint density at radius 3 is 2.53 bits per heavy atom. The van der Waals surface area contributed by atoms with E-state index in [1.807, 2.05) is 4.90 Å². The smallest absolute Gasteiger partial charge is 0.232 e. The lowest BCUT2D eigenvalue weighted by Crippen LogP contribution is -2.41. The molecule has 17 heavy (non-hydrogen) atoms. The normalized spacial score (nSPS) is 23.9. The van der Waals surface area contributed by atoms with Crippen molar-refractivity contribution < 1.29 is 9.90 Å². The molecule has 4 nitrogen and oxygen atoms in total. The predicted octanol–water partition coefficient (Wildman–Crippen LogP) is 0.455. The van der Waals surface area contributed by atoms with Crippen LogP contribution in [0, 0.1) is 0 Å². The Kier molecular flexibility index (Phi) is 5.13. The molecular weight excluding hydrogens is 236 g/mol. The lowest BCUT2D eigenvalue weighted by atomic mass is 10.1. The molecule has 0 unspecified atom stereocenters. The van der Waals surface area contributed by atoms with E-state index in [0.717, 1.165) is 39.0 Å². The van der Waals surface area contributed by atoms with Gasteiger partial charge in [0.2, 0.25) is 5.91 Å². The number of carbonyl (C=O) groups excluding carboxylic acids is 1. The minimum absolute atomic E-state index is 0.198. The van der Waals surface area contributed by atoms with Gasteiger partial charge >= 0.3 is 0 Å². The maximum atomic E-state index is 12.0. The number of hydrogen-bond donors (Lipinski definition) is 2. The molecule has 2 saturated heterocycles. The Morgan fingerprint density at radius 1 is 1.24 bits per heavy atom. The number of hydrogen-bond acceptors (Lipinski definition) is 4. The van der Waals surface area contributed by atoms with Gasteiger partial charge in [0.25, 0.3) is 0 Å². The van der Waals surface area contributed by atoms with Gasteiger partial charge in [0.15, 0.2) is 0 Å². The zero-order valence-electron chi connectivity index (χ0n) is 10.2. The average molecular weight is 258 g/mol. The summed E-state index contributed by atoms with van der Waals surface area (Å²) in [5.74, 6) is 0.862. The van der Waals surface area contributed by atoms with Crippen molar-refractivity contribution in [1.82, 2.24) is 10.2 Å². The molecule has 2 aliphatic heterocycles. The first kappa shape index (κ1) is 13.2. The molecule has 0 bridgehead atoms. The summed E-state index contributed by atoms with van der Waals surface area (Å²) in [6.07, 6.45) is 3.64. The second kappa shape index (κ2) is 6.61.